The Morgan fingerprint density at radius 2 is 0.610 bits per heavy atom. The Bertz CT molecular complexity index is 3290. The summed E-state index contributed by atoms with van der Waals surface area (Å²) in [5, 5.41) is 0. The summed E-state index contributed by atoms with van der Waals surface area (Å²) in [5.74, 6) is 13.3. The molecule has 0 radical (unpaired) electrons. The lowest BCUT2D eigenvalue weighted by Crippen LogP contribution is -2.12. The number of unbranched alkanes of at least 4 members (excludes halogenated alkanes) is 6. The molecular weight excluding hydrogens is 1020 g/mol. The number of esters is 4. The van der Waals surface area contributed by atoms with Crippen molar-refractivity contribution in [3.63, 3.8) is 0 Å². The molecule has 8 aromatic rings. The molecule has 0 saturated carbocycles. The van der Waals surface area contributed by atoms with E-state index in [2.05, 4.69) is 51.4 Å². The van der Waals surface area contributed by atoms with Crippen LogP contribution in [0.2, 0.25) is 0 Å². The van der Waals surface area contributed by atoms with E-state index in [-0.39, 0.29) is 12.2 Å². The molecule has 8 rings (SSSR count). The summed E-state index contributed by atoms with van der Waals surface area (Å²) in [6.45, 7) is 8.53. The third kappa shape index (κ3) is 18.2. The Labute approximate surface area is 481 Å². The van der Waals surface area contributed by atoms with Crippen LogP contribution in [0, 0.1) is 23.7 Å². The standard InChI is InChI=1S/C72H66O10/c1-5-7-9-11-15-51(3)77-63-45-37-59(38-46-63)69(73)79-65-41-29-55(30-42-65)23-21-53-25-33-57(34-26-53)71(75)81-67-19-13-17-61(49-67)62-18-14-20-68(50-62)82-72(76)58-35-27-54(28-36-58)22-24-56-31-43-66(44-32-56)80-70(74)60-39-47-64(48-40-60)78-52(4)16-12-10-8-6-2/h13-14,17-20,25-52H,5-12,15-16H2,1-4H3/t51-,52-/m0/s1. The number of hydrogen-bond acceptors (Lipinski definition) is 10. The van der Waals surface area contributed by atoms with Gasteiger partial charge in [-0.1, -0.05) is 100 Å². The number of ether oxygens (including phenoxy) is 6. The highest BCUT2D eigenvalue weighted by Gasteiger charge is 2.15. The second-order valence-corrected chi connectivity index (χ2v) is 19.9. The van der Waals surface area contributed by atoms with Crippen LogP contribution in [-0.4, -0.2) is 36.1 Å². The number of hydrogen-bond donors (Lipinski definition) is 0. The van der Waals surface area contributed by atoms with E-state index >= 15 is 0 Å². The molecule has 0 aliphatic heterocycles. The summed E-state index contributed by atoms with van der Waals surface area (Å²) in [5.41, 5.74) is 5.86. The van der Waals surface area contributed by atoms with Gasteiger partial charge in [-0.15, -0.1) is 0 Å². The molecule has 0 N–H and O–H groups in total. The summed E-state index contributed by atoms with van der Waals surface area (Å²) in [7, 11) is 0. The lowest BCUT2D eigenvalue weighted by molar-refractivity contribution is 0.0725. The van der Waals surface area contributed by atoms with Gasteiger partial charge in [0.1, 0.15) is 34.5 Å². The van der Waals surface area contributed by atoms with Crippen molar-refractivity contribution in [1.82, 2.24) is 0 Å². The molecule has 0 fully saturated rings. The van der Waals surface area contributed by atoms with E-state index in [0.717, 1.165) is 59.4 Å². The van der Waals surface area contributed by atoms with Crippen LogP contribution in [-0.2, 0) is 0 Å². The molecule has 0 bridgehead atoms. The third-order valence-electron chi connectivity index (χ3n) is 13.3. The van der Waals surface area contributed by atoms with E-state index in [9.17, 15) is 19.2 Å². The average molecular weight is 1090 g/mol. The smallest absolute Gasteiger partial charge is 0.343 e. The van der Waals surface area contributed by atoms with Gasteiger partial charge in [-0.05, 0) is 221 Å². The van der Waals surface area contributed by atoms with Gasteiger partial charge in [0.15, 0.2) is 0 Å². The molecule has 8 aromatic carbocycles. The van der Waals surface area contributed by atoms with Crippen molar-refractivity contribution in [3.8, 4) is 69.3 Å². The van der Waals surface area contributed by atoms with Crippen LogP contribution in [0.25, 0.3) is 11.1 Å². The molecule has 0 saturated heterocycles. The zero-order valence-corrected chi connectivity index (χ0v) is 46.8. The molecule has 0 aliphatic carbocycles. The van der Waals surface area contributed by atoms with Crippen molar-refractivity contribution >= 4 is 23.9 Å². The van der Waals surface area contributed by atoms with Crippen molar-refractivity contribution in [1.29, 1.82) is 0 Å². The number of carbonyl (C=O) groups is 4. The average Bonchev–Trinajstić information content (AvgIpc) is 3.55. The summed E-state index contributed by atoms with van der Waals surface area (Å²) in [4.78, 5) is 52.1. The van der Waals surface area contributed by atoms with E-state index in [1.807, 2.05) is 12.1 Å². The minimum absolute atomic E-state index is 0.102. The van der Waals surface area contributed by atoms with Crippen molar-refractivity contribution in [2.45, 2.75) is 104 Å². The molecule has 10 nitrogen and oxygen atoms in total. The van der Waals surface area contributed by atoms with Gasteiger partial charge in [0, 0.05) is 22.3 Å². The van der Waals surface area contributed by atoms with Gasteiger partial charge < -0.3 is 28.4 Å². The molecule has 82 heavy (non-hydrogen) atoms. The first-order valence-corrected chi connectivity index (χ1v) is 28.0. The van der Waals surface area contributed by atoms with Gasteiger partial charge >= 0.3 is 23.9 Å². The predicted octanol–water partition coefficient (Wildman–Crippen LogP) is 16.5. The van der Waals surface area contributed by atoms with Gasteiger partial charge in [0.2, 0.25) is 0 Å². The first kappa shape index (κ1) is 58.5. The number of benzene rings is 8. The van der Waals surface area contributed by atoms with Crippen LogP contribution in [0.1, 0.15) is 156 Å². The molecule has 0 unspecified atom stereocenters. The van der Waals surface area contributed by atoms with Gasteiger partial charge in [-0.2, -0.15) is 0 Å². The summed E-state index contributed by atoms with van der Waals surface area (Å²) >= 11 is 0. The fourth-order valence-corrected chi connectivity index (χ4v) is 8.66. The second kappa shape index (κ2) is 30.1. The monoisotopic (exact) mass is 1090 g/mol. The second-order valence-electron chi connectivity index (χ2n) is 19.9. The first-order valence-electron chi connectivity index (χ1n) is 28.0. The van der Waals surface area contributed by atoms with Crippen LogP contribution < -0.4 is 28.4 Å². The summed E-state index contributed by atoms with van der Waals surface area (Å²) in [6.07, 6.45) is 11.7. The Morgan fingerprint density at radius 1 is 0.329 bits per heavy atom. The van der Waals surface area contributed by atoms with Crippen molar-refractivity contribution in [2.75, 3.05) is 0 Å². The predicted molar refractivity (Wildman–Crippen MR) is 320 cm³/mol. The largest absolute Gasteiger partial charge is 0.491 e. The van der Waals surface area contributed by atoms with Crippen molar-refractivity contribution in [3.05, 3.63) is 239 Å². The van der Waals surface area contributed by atoms with Crippen LogP contribution in [0.4, 0.5) is 0 Å². The fraction of sp³-hybridized carbons (Fsp3) is 0.222. The highest BCUT2D eigenvalue weighted by atomic mass is 16.5. The molecule has 0 heterocycles. The SMILES string of the molecule is CCCCCC[C@H](C)Oc1ccc(C(=O)Oc2ccc(C#Cc3ccc(C(=O)Oc4cccc(-c5cccc(OC(=O)c6ccc(C#Cc7ccc(OC(=O)c8ccc(O[C@@H](C)CCCCCC)cc8)cc7)cc6)c5)c4)cc3)cc2)cc1. The fourth-order valence-electron chi connectivity index (χ4n) is 8.66. The van der Waals surface area contributed by atoms with E-state index in [4.69, 9.17) is 28.4 Å². The van der Waals surface area contributed by atoms with E-state index in [1.54, 1.807) is 182 Å². The maximum Gasteiger partial charge on any atom is 0.343 e. The molecule has 0 spiro atoms. The first-order chi connectivity index (χ1) is 40.0. The van der Waals surface area contributed by atoms with Gasteiger partial charge in [0.05, 0.1) is 34.5 Å². The minimum atomic E-state index is -0.537. The van der Waals surface area contributed by atoms with Gasteiger partial charge in [-0.25, -0.2) is 19.2 Å². The van der Waals surface area contributed by atoms with Gasteiger partial charge in [-0.3, -0.25) is 0 Å². The highest BCUT2D eigenvalue weighted by molar-refractivity contribution is 5.93. The highest BCUT2D eigenvalue weighted by Crippen LogP contribution is 2.29. The normalized spacial score (nSPS) is 11.3. The molecule has 414 valence electrons. The Balaban J connectivity index is 0.772. The van der Waals surface area contributed by atoms with E-state index in [0.29, 0.717) is 56.4 Å². The summed E-state index contributed by atoms with van der Waals surface area (Å²) < 4.78 is 34.7. The molecular formula is C72H66O10. The molecule has 10 heteroatoms. The van der Waals surface area contributed by atoms with E-state index in [1.165, 1.54) is 38.5 Å². The molecule has 0 amide bonds. The summed E-state index contributed by atoms with van der Waals surface area (Å²) in [6, 6.07) is 55.6. The zero-order chi connectivity index (χ0) is 57.5. The number of rotatable bonds is 23. The van der Waals surface area contributed by atoms with Crippen LogP contribution in [0.15, 0.2) is 194 Å². The quantitative estimate of drug-likeness (QED) is 0.0265. The van der Waals surface area contributed by atoms with E-state index < -0.39 is 23.9 Å². The molecule has 0 aliphatic rings. The lowest BCUT2D eigenvalue weighted by Gasteiger charge is -2.14. The third-order valence-corrected chi connectivity index (χ3v) is 13.3. The Kier molecular flexibility index (Phi) is 21.5. The number of carbonyl (C=O) groups excluding carboxylic acids is 4. The Hall–Kier alpha value is -9.64. The maximum atomic E-state index is 13.2. The van der Waals surface area contributed by atoms with Gasteiger partial charge in [0.25, 0.3) is 0 Å². The molecule has 0 aromatic heterocycles. The maximum absolute atomic E-state index is 13.2. The van der Waals surface area contributed by atoms with Crippen molar-refractivity contribution in [2.24, 2.45) is 0 Å². The topological polar surface area (TPSA) is 124 Å². The Morgan fingerprint density at radius 3 is 0.927 bits per heavy atom. The lowest BCUT2D eigenvalue weighted by atomic mass is 10.1. The minimum Gasteiger partial charge on any atom is -0.491 e. The van der Waals surface area contributed by atoms with Crippen LogP contribution in [0.5, 0.6) is 34.5 Å². The van der Waals surface area contributed by atoms with Crippen LogP contribution >= 0.6 is 0 Å². The van der Waals surface area contributed by atoms with Crippen LogP contribution in [0.3, 0.4) is 0 Å². The van der Waals surface area contributed by atoms with Crippen molar-refractivity contribution < 1.29 is 47.6 Å². The zero-order valence-electron chi connectivity index (χ0n) is 46.8. The molecule has 2 atom stereocenters.